The van der Waals surface area contributed by atoms with E-state index in [0.717, 1.165) is 10.0 Å². The molecule has 1 atom stereocenters. The van der Waals surface area contributed by atoms with Crippen LogP contribution in [0.5, 0.6) is 0 Å². The lowest BCUT2D eigenvalue weighted by Gasteiger charge is -2.33. The van der Waals surface area contributed by atoms with Gasteiger partial charge in [-0.3, -0.25) is 19.7 Å². The van der Waals surface area contributed by atoms with E-state index in [2.05, 4.69) is 31.9 Å². The predicted molar refractivity (Wildman–Crippen MR) is 167 cm³/mol. The van der Waals surface area contributed by atoms with Crippen LogP contribution in [0.15, 0.2) is 111 Å². The number of anilines is 1. The van der Waals surface area contributed by atoms with Crippen molar-refractivity contribution in [3.63, 3.8) is 0 Å². The molecule has 216 valence electrons. The highest BCUT2D eigenvalue weighted by atomic mass is 79.9. The number of aryl methyl sites for hydroxylation is 1. The molecule has 4 rings (SSSR count). The smallest absolute Gasteiger partial charge is 0.269 e. The Morgan fingerprint density at radius 3 is 2.07 bits per heavy atom. The van der Waals surface area contributed by atoms with Gasteiger partial charge in [-0.25, -0.2) is 12.7 Å². The first-order valence-electron chi connectivity index (χ1n) is 12.6. The number of nitro benzene ring substituents is 1. The third-order valence-corrected chi connectivity index (χ3v) is 10.3. The van der Waals surface area contributed by atoms with Crippen LogP contribution in [0.25, 0.3) is 0 Å². The van der Waals surface area contributed by atoms with Gasteiger partial charge < -0.3 is 4.90 Å². The third kappa shape index (κ3) is 6.77. The highest BCUT2D eigenvalue weighted by Gasteiger charge is 2.34. The number of hydrogen-bond donors (Lipinski definition) is 0. The molecule has 4 aromatic rings. The minimum absolute atomic E-state index is 0.0510. The van der Waals surface area contributed by atoms with Crippen LogP contribution < -0.4 is 4.90 Å². The number of carbonyl (C=O) groups excluding carboxylic acids is 2. The summed E-state index contributed by atoms with van der Waals surface area (Å²) in [6, 6.07) is 24.1. The highest BCUT2D eigenvalue weighted by Crippen LogP contribution is 2.36. The van der Waals surface area contributed by atoms with E-state index < -0.39 is 39.2 Å². The predicted octanol–water partition coefficient (Wildman–Crippen LogP) is 7.05. The summed E-state index contributed by atoms with van der Waals surface area (Å²) < 4.78 is 28.7. The summed E-state index contributed by atoms with van der Waals surface area (Å²) >= 11 is 6.90. The summed E-state index contributed by atoms with van der Waals surface area (Å²) in [5.74, 6) is -1.23. The average molecular weight is 715 g/mol. The van der Waals surface area contributed by atoms with E-state index in [4.69, 9.17) is 0 Å². The van der Waals surface area contributed by atoms with E-state index >= 15 is 0 Å². The zero-order chi connectivity index (χ0) is 30.6. The Bertz CT molecular complexity index is 1730. The van der Waals surface area contributed by atoms with Crippen molar-refractivity contribution in [2.24, 2.45) is 0 Å². The first kappa shape index (κ1) is 31.1. The minimum Gasteiger partial charge on any atom is -0.300 e. The lowest BCUT2D eigenvalue weighted by Crippen LogP contribution is -2.40. The van der Waals surface area contributed by atoms with Gasteiger partial charge in [-0.05, 0) is 86.8 Å². The number of hydrogen-bond acceptors (Lipinski definition) is 6. The molecule has 0 fully saturated rings. The van der Waals surface area contributed by atoms with Gasteiger partial charge in [0.25, 0.3) is 21.6 Å². The molecule has 12 heteroatoms. The van der Waals surface area contributed by atoms with Crippen molar-refractivity contribution in [2.45, 2.75) is 24.3 Å². The Morgan fingerprint density at radius 1 is 0.881 bits per heavy atom. The Labute approximate surface area is 260 Å². The maximum absolute atomic E-state index is 14.1. The molecule has 0 saturated heterocycles. The fourth-order valence-electron chi connectivity index (χ4n) is 4.27. The second kappa shape index (κ2) is 13.0. The van der Waals surface area contributed by atoms with Crippen LogP contribution in [0.2, 0.25) is 0 Å². The van der Waals surface area contributed by atoms with Crippen LogP contribution in [-0.2, 0) is 14.8 Å². The summed E-state index contributed by atoms with van der Waals surface area (Å²) in [6.45, 7) is 1.82. The second-order valence-electron chi connectivity index (χ2n) is 9.39. The molecular weight excluding hydrogens is 690 g/mol. The molecule has 0 bridgehead atoms. The third-order valence-electron chi connectivity index (χ3n) is 6.62. The number of sulfonamides is 1. The van der Waals surface area contributed by atoms with Crippen molar-refractivity contribution in [2.75, 3.05) is 11.9 Å². The molecule has 4 aromatic carbocycles. The van der Waals surface area contributed by atoms with E-state index in [1.54, 1.807) is 60.7 Å². The molecule has 0 unspecified atom stereocenters. The highest BCUT2D eigenvalue weighted by molar-refractivity contribution is 9.13. The van der Waals surface area contributed by atoms with Gasteiger partial charge in [0.15, 0.2) is 0 Å². The minimum atomic E-state index is -4.20. The first-order chi connectivity index (χ1) is 19.9. The molecule has 0 aromatic heterocycles. The number of halogens is 2. The molecule has 2 amide bonds. The number of amides is 2. The lowest BCUT2D eigenvalue weighted by molar-refractivity contribution is -0.384. The maximum atomic E-state index is 14.1. The SMILES string of the molecule is Cc1ccc(S(=O)(=O)N(C)C(=O)C[C@H](c2ccc([N+](=O)[O-])cc2)N(C(=O)c2ccccc2)c2ccc(Br)c(Br)c2)cc1. The normalized spacial score (nSPS) is 11.9. The molecule has 0 spiro atoms. The average Bonchev–Trinajstić information content (AvgIpc) is 2.98. The van der Waals surface area contributed by atoms with Crippen LogP contribution >= 0.6 is 31.9 Å². The largest absolute Gasteiger partial charge is 0.300 e. The Balaban J connectivity index is 1.84. The molecule has 0 saturated carbocycles. The number of nitro groups is 1. The van der Waals surface area contributed by atoms with Crippen molar-refractivity contribution in [3.8, 4) is 0 Å². The molecule has 0 N–H and O–H groups in total. The Kier molecular flexibility index (Phi) is 9.60. The van der Waals surface area contributed by atoms with E-state index in [1.165, 1.54) is 48.3 Å². The number of rotatable bonds is 9. The molecule has 0 heterocycles. The van der Waals surface area contributed by atoms with Gasteiger partial charge in [0.05, 0.1) is 22.3 Å². The Hall–Kier alpha value is -3.87. The molecule has 9 nitrogen and oxygen atoms in total. The molecular formula is C30H25Br2N3O6S. The summed E-state index contributed by atoms with van der Waals surface area (Å²) in [6.07, 6.45) is -0.439. The second-order valence-corrected chi connectivity index (χ2v) is 13.1. The topological polar surface area (TPSA) is 118 Å². The molecule has 0 radical (unpaired) electrons. The zero-order valence-corrected chi connectivity index (χ0v) is 26.5. The van der Waals surface area contributed by atoms with Crippen molar-refractivity contribution in [3.05, 3.63) is 133 Å². The van der Waals surface area contributed by atoms with E-state index in [1.807, 2.05) is 6.92 Å². The van der Waals surface area contributed by atoms with Gasteiger partial charge in [-0.15, -0.1) is 0 Å². The molecule has 42 heavy (non-hydrogen) atoms. The van der Waals surface area contributed by atoms with E-state index in [0.29, 0.717) is 25.6 Å². The van der Waals surface area contributed by atoms with Crippen LogP contribution in [-0.4, -0.2) is 36.5 Å². The summed E-state index contributed by atoms with van der Waals surface area (Å²) in [7, 11) is -3.03. The van der Waals surface area contributed by atoms with Gasteiger partial charge >= 0.3 is 0 Å². The zero-order valence-electron chi connectivity index (χ0n) is 22.5. The van der Waals surface area contributed by atoms with Crippen LogP contribution in [0, 0.1) is 17.0 Å². The number of non-ortho nitro benzene ring substituents is 1. The standard InChI is InChI=1S/C30H25Br2N3O6S/c1-20-8-15-25(16-9-20)42(40,41)33(2)29(36)19-28(21-10-12-23(13-11-21)35(38)39)34(24-14-17-26(31)27(32)18-24)30(37)22-6-4-3-5-7-22/h3-18,28H,19H2,1-2H3/t28-/m1/s1. The monoisotopic (exact) mass is 713 g/mol. The van der Waals surface area contributed by atoms with Gasteiger partial charge in [0.2, 0.25) is 5.91 Å². The van der Waals surface area contributed by atoms with Gasteiger partial charge in [0, 0.05) is 39.4 Å². The van der Waals surface area contributed by atoms with Crippen molar-refractivity contribution in [1.29, 1.82) is 0 Å². The quantitative estimate of drug-likeness (QED) is 0.135. The van der Waals surface area contributed by atoms with Crippen LogP contribution in [0.3, 0.4) is 0 Å². The number of carbonyl (C=O) groups is 2. The molecule has 0 aliphatic rings. The van der Waals surface area contributed by atoms with E-state index in [-0.39, 0.29) is 10.6 Å². The first-order valence-corrected chi connectivity index (χ1v) is 15.6. The summed E-state index contributed by atoms with van der Waals surface area (Å²) in [5, 5.41) is 11.3. The van der Waals surface area contributed by atoms with E-state index in [9.17, 15) is 28.1 Å². The summed E-state index contributed by atoms with van der Waals surface area (Å²) in [4.78, 5) is 39.9. The molecule has 0 aliphatic heterocycles. The fraction of sp³-hybridized carbons (Fsp3) is 0.133. The fourth-order valence-corrected chi connectivity index (χ4v) is 6.02. The van der Waals surface area contributed by atoms with Gasteiger partial charge in [-0.1, -0.05) is 48.0 Å². The molecule has 0 aliphatic carbocycles. The van der Waals surface area contributed by atoms with Crippen molar-refractivity contribution in [1.82, 2.24) is 4.31 Å². The van der Waals surface area contributed by atoms with Gasteiger partial charge in [-0.2, -0.15) is 0 Å². The van der Waals surface area contributed by atoms with Gasteiger partial charge in [0.1, 0.15) is 0 Å². The van der Waals surface area contributed by atoms with Crippen molar-refractivity contribution >= 4 is 65.1 Å². The Morgan fingerprint density at radius 2 is 1.50 bits per heavy atom. The number of nitrogens with zero attached hydrogens (tertiary/aromatic N) is 3. The summed E-state index contributed by atoms with van der Waals surface area (Å²) in [5.41, 5.74) is 1.83. The number of benzene rings is 4. The van der Waals surface area contributed by atoms with Crippen LogP contribution in [0.4, 0.5) is 11.4 Å². The lowest BCUT2D eigenvalue weighted by atomic mass is 9.99. The van der Waals surface area contributed by atoms with Crippen molar-refractivity contribution < 1.29 is 22.9 Å². The maximum Gasteiger partial charge on any atom is 0.269 e. The van der Waals surface area contributed by atoms with Crippen LogP contribution in [0.1, 0.15) is 33.9 Å².